The number of esters is 2. The first kappa shape index (κ1) is 17.3. The molecule has 1 aromatic rings. The lowest BCUT2D eigenvalue weighted by atomic mass is 9.81. The maximum absolute atomic E-state index is 11.7. The van der Waals surface area contributed by atoms with E-state index in [2.05, 4.69) is 33.7 Å². The topological polar surface area (TPSA) is 52.6 Å². The molecule has 0 amide bonds. The van der Waals surface area contributed by atoms with Gasteiger partial charge in [0.05, 0.1) is 14.2 Å². The Morgan fingerprint density at radius 2 is 1.65 bits per heavy atom. The molecule has 23 heavy (non-hydrogen) atoms. The quantitative estimate of drug-likeness (QED) is 0.473. The van der Waals surface area contributed by atoms with Gasteiger partial charge in [0.25, 0.3) is 0 Å². The van der Waals surface area contributed by atoms with Gasteiger partial charge in [-0.2, -0.15) is 0 Å². The minimum absolute atomic E-state index is 0.352. The number of hydrogen-bond acceptors (Lipinski definition) is 4. The van der Waals surface area contributed by atoms with Crippen LogP contribution in [0.1, 0.15) is 43.6 Å². The summed E-state index contributed by atoms with van der Waals surface area (Å²) in [6.07, 6.45) is 6.60. The van der Waals surface area contributed by atoms with Crippen molar-refractivity contribution in [2.24, 2.45) is 5.92 Å². The van der Waals surface area contributed by atoms with Gasteiger partial charge in [-0.05, 0) is 43.6 Å². The molecule has 0 heterocycles. The average molecular weight is 316 g/mol. The van der Waals surface area contributed by atoms with E-state index in [0.717, 1.165) is 25.7 Å². The summed E-state index contributed by atoms with van der Waals surface area (Å²) in [5, 5.41) is 0. The zero-order valence-electron chi connectivity index (χ0n) is 13.8. The average Bonchev–Trinajstić information content (AvgIpc) is 2.62. The molecule has 4 nitrogen and oxygen atoms in total. The molecule has 4 heteroatoms. The summed E-state index contributed by atoms with van der Waals surface area (Å²) in [7, 11) is 2.58. The normalized spacial score (nSPS) is 17.7. The molecule has 2 rings (SSSR count). The lowest BCUT2D eigenvalue weighted by Gasteiger charge is -2.24. The third-order valence-corrected chi connectivity index (χ3v) is 4.51. The first-order chi connectivity index (χ1) is 11.2. The number of hydrogen-bond donors (Lipinski definition) is 0. The van der Waals surface area contributed by atoms with Gasteiger partial charge in [0, 0.05) is 0 Å². The molecule has 0 aromatic heterocycles. The molecule has 0 radical (unpaired) electrons. The summed E-state index contributed by atoms with van der Waals surface area (Å²) in [5.41, 5.74) is 2.71. The molecule has 0 saturated heterocycles. The van der Waals surface area contributed by atoms with Crippen LogP contribution in [0, 0.1) is 5.92 Å². The molecule has 1 saturated carbocycles. The van der Waals surface area contributed by atoms with Crippen LogP contribution in [0.15, 0.2) is 42.0 Å². The van der Waals surface area contributed by atoms with Crippen LogP contribution in [-0.2, 0) is 19.1 Å². The number of ether oxygens (including phenoxy) is 2. The summed E-state index contributed by atoms with van der Waals surface area (Å²) >= 11 is 0. The third-order valence-electron chi connectivity index (χ3n) is 4.51. The van der Waals surface area contributed by atoms with E-state index in [1.54, 1.807) is 0 Å². The molecule has 124 valence electrons. The van der Waals surface area contributed by atoms with Crippen LogP contribution in [-0.4, -0.2) is 26.2 Å². The lowest BCUT2D eigenvalue weighted by molar-refractivity contribution is -0.158. The van der Waals surface area contributed by atoms with Crippen LogP contribution in [0.25, 0.3) is 0 Å². The van der Waals surface area contributed by atoms with Gasteiger partial charge in [-0.15, -0.1) is 0 Å². The zero-order chi connectivity index (χ0) is 16.7. The smallest absolute Gasteiger partial charge is 0.320 e. The molecule has 0 aliphatic heterocycles. The highest BCUT2D eigenvalue weighted by atomic mass is 16.5. The van der Waals surface area contributed by atoms with Gasteiger partial charge in [0.2, 0.25) is 0 Å². The van der Waals surface area contributed by atoms with Crippen molar-refractivity contribution in [3.63, 3.8) is 0 Å². The highest BCUT2D eigenvalue weighted by molar-refractivity contribution is 5.94. The van der Waals surface area contributed by atoms with Crippen molar-refractivity contribution in [2.45, 2.75) is 38.0 Å². The van der Waals surface area contributed by atoms with Crippen LogP contribution >= 0.6 is 0 Å². The van der Waals surface area contributed by atoms with E-state index in [1.165, 1.54) is 25.4 Å². The fraction of sp³-hybridized carbons (Fsp3) is 0.474. The first-order valence-corrected chi connectivity index (χ1v) is 8.04. The largest absolute Gasteiger partial charge is 0.468 e. The standard InChI is InChI=1S/C19H24O4/c1-22-18(20)17(19(21)23-2)13-10-14-8-11-16(12-9-14)15-6-4-3-5-7-15/h3-7,10,16-17H,8-9,11-13H2,1-2H3. The molecule has 0 atom stereocenters. The van der Waals surface area contributed by atoms with E-state index in [4.69, 9.17) is 0 Å². The Morgan fingerprint density at radius 3 is 2.17 bits per heavy atom. The summed E-state index contributed by atoms with van der Waals surface area (Å²) in [6.45, 7) is 0. The number of rotatable bonds is 5. The Bertz CT molecular complexity index is 536. The number of carbonyl (C=O) groups excluding carboxylic acids is 2. The van der Waals surface area contributed by atoms with Crippen molar-refractivity contribution in [1.82, 2.24) is 0 Å². The van der Waals surface area contributed by atoms with Gasteiger partial charge < -0.3 is 9.47 Å². The maximum Gasteiger partial charge on any atom is 0.320 e. The molecule has 1 aliphatic rings. The molecule has 0 bridgehead atoms. The van der Waals surface area contributed by atoms with E-state index in [1.807, 2.05) is 12.1 Å². The summed E-state index contributed by atoms with van der Waals surface area (Å²) in [4.78, 5) is 23.3. The minimum atomic E-state index is -0.857. The minimum Gasteiger partial charge on any atom is -0.468 e. The summed E-state index contributed by atoms with van der Waals surface area (Å²) in [6, 6.07) is 10.6. The lowest BCUT2D eigenvalue weighted by Crippen LogP contribution is -2.26. The van der Waals surface area contributed by atoms with Gasteiger partial charge in [-0.25, -0.2) is 0 Å². The van der Waals surface area contributed by atoms with Gasteiger partial charge >= 0.3 is 11.9 Å². The Hall–Kier alpha value is -2.10. The molecule has 0 spiro atoms. The highest BCUT2D eigenvalue weighted by Crippen LogP contribution is 2.35. The Kier molecular flexibility index (Phi) is 6.39. The predicted molar refractivity (Wildman–Crippen MR) is 87.9 cm³/mol. The third kappa shape index (κ3) is 4.68. The van der Waals surface area contributed by atoms with Crippen molar-refractivity contribution in [2.75, 3.05) is 14.2 Å². The van der Waals surface area contributed by atoms with Crippen molar-refractivity contribution < 1.29 is 19.1 Å². The Balaban J connectivity index is 1.92. The second-order valence-electron chi connectivity index (χ2n) is 5.88. The van der Waals surface area contributed by atoms with Crippen molar-refractivity contribution >= 4 is 11.9 Å². The molecule has 1 aliphatic carbocycles. The maximum atomic E-state index is 11.7. The van der Waals surface area contributed by atoms with Gasteiger partial charge in [-0.3, -0.25) is 9.59 Å². The second-order valence-corrected chi connectivity index (χ2v) is 5.88. The van der Waals surface area contributed by atoms with E-state index in [0.29, 0.717) is 12.3 Å². The highest BCUT2D eigenvalue weighted by Gasteiger charge is 2.28. The van der Waals surface area contributed by atoms with Crippen molar-refractivity contribution in [3.05, 3.63) is 47.5 Å². The number of methoxy groups -OCH3 is 2. The SMILES string of the molecule is COC(=O)C(CC=C1CCC(c2ccccc2)CC1)C(=O)OC. The Labute approximate surface area is 137 Å². The number of benzene rings is 1. The molecular formula is C19H24O4. The number of carbonyl (C=O) groups is 2. The van der Waals surface area contributed by atoms with Gasteiger partial charge in [0.15, 0.2) is 5.92 Å². The fourth-order valence-corrected chi connectivity index (χ4v) is 3.11. The van der Waals surface area contributed by atoms with Gasteiger partial charge in [0.1, 0.15) is 0 Å². The Morgan fingerprint density at radius 1 is 1.09 bits per heavy atom. The van der Waals surface area contributed by atoms with Crippen LogP contribution < -0.4 is 0 Å². The monoisotopic (exact) mass is 316 g/mol. The van der Waals surface area contributed by atoms with Gasteiger partial charge in [-0.1, -0.05) is 42.0 Å². The first-order valence-electron chi connectivity index (χ1n) is 8.04. The predicted octanol–water partition coefficient (Wildman–Crippen LogP) is 3.62. The molecular weight excluding hydrogens is 292 g/mol. The van der Waals surface area contributed by atoms with E-state index in [-0.39, 0.29) is 0 Å². The van der Waals surface area contributed by atoms with Crippen LogP contribution in [0.2, 0.25) is 0 Å². The number of allylic oxidation sites excluding steroid dienone is 2. The van der Waals surface area contributed by atoms with E-state index in [9.17, 15) is 9.59 Å². The molecule has 0 unspecified atom stereocenters. The molecule has 1 aromatic carbocycles. The van der Waals surface area contributed by atoms with E-state index < -0.39 is 17.9 Å². The fourth-order valence-electron chi connectivity index (χ4n) is 3.11. The zero-order valence-corrected chi connectivity index (χ0v) is 13.8. The second kappa shape index (κ2) is 8.51. The van der Waals surface area contributed by atoms with Crippen molar-refractivity contribution in [3.8, 4) is 0 Å². The van der Waals surface area contributed by atoms with Crippen LogP contribution in [0.5, 0.6) is 0 Å². The van der Waals surface area contributed by atoms with Crippen LogP contribution in [0.3, 0.4) is 0 Å². The summed E-state index contributed by atoms with van der Waals surface area (Å²) < 4.78 is 9.36. The molecule has 0 N–H and O–H groups in total. The van der Waals surface area contributed by atoms with Crippen molar-refractivity contribution in [1.29, 1.82) is 0 Å². The van der Waals surface area contributed by atoms with E-state index >= 15 is 0 Å². The summed E-state index contributed by atoms with van der Waals surface area (Å²) in [5.74, 6) is -1.33. The van der Waals surface area contributed by atoms with Crippen LogP contribution in [0.4, 0.5) is 0 Å². The molecule has 1 fully saturated rings.